The molecule has 8 nitrogen and oxygen atoms in total. The van der Waals surface area contributed by atoms with Gasteiger partial charge in [0, 0.05) is 49.8 Å². The number of H-pyrrole nitrogens is 1. The van der Waals surface area contributed by atoms with E-state index in [1.54, 1.807) is 0 Å². The average molecular weight is 502 g/mol. The van der Waals surface area contributed by atoms with Crippen LogP contribution in [0.2, 0.25) is 0 Å². The standard InChI is InChI=1S/C25H25F3N4O4/c1-13(2)29-25(35)36-16-5-7-32(8-6-16)24(34)19-9-14(20(27)12-21(19)28)10-22-17-4-3-15(26)11-18(17)23(33)31-30-22/h3-4,9,11-13,16H,5-8,10H2,1-2H3,(H,29,35)(H,31,33). The molecule has 4 rings (SSSR count). The van der Waals surface area contributed by atoms with Crippen LogP contribution in [0, 0.1) is 17.5 Å². The van der Waals surface area contributed by atoms with E-state index in [-0.39, 0.29) is 53.9 Å². The summed E-state index contributed by atoms with van der Waals surface area (Å²) in [6, 6.07) is 5.28. The van der Waals surface area contributed by atoms with Gasteiger partial charge in [-0.1, -0.05) is 0 Å². The summed E-state index contributed by atoms with van der Waals surface area (Å²) < 4.78 is 48.2. The van der Waals surface area contributed by atoms with Crippen LogP contribution < -0.4 is 10.9 Å². The summed E-state index contributed by atoms with van der Waals surface area (Å²) >= 11 is 0. The molecule has 2 N–H and O–H groups in total. The molecule has 3 aromatic rings. The number of halogens is 3. The number of carbonyl (C=O) groups is 2. The zero-order valence-electron chi connectivity index (χ0n) is 19.7. The number of rotatable bonds is 5. The van der Waals surface area contributed by atoms with Crippen LogP contribution in [-0.2, 0) is 11.2 Å². The number of aromatic amines is 1. The summed E-state index contributed by atoms with van der Waals surface area (Å²) in [5, 5.41) is 9.20. The molecular weight excluding hydrogens is 477 g/mol. The Labute approximate surface area is 204 Å². The van der Waals surface area contributed by atoms with Crippen LogP contribution in [0.15, 0.2) is 35.1 Å². The lowest BCUT2D eigenvalue weighted by Gasteiger charge is -2.32. The molecule has 1 aliphatic heterocycles. The van der Waals surface area contributed by atoms with Crippen molar-refractivity contribution in [3.05, 3.63) is 75.0 Å². The van der Waals surface area contributed by atoms with Gasteiger partial charge in [0.25, 0.3) is 11.5 Å². The van der Waals surface area contributed by atoms with E-state index in [1.807, 2.05) is 13.8 Å². The van der Waals surface area contributed by atoms with Crippen LogP contribution >= 0.6 is 0 Å². The lowest BCUT2D eigenvalue weighted by atomic mass is 10.0. The molecule has 1 aromatic heterocycles. The van der Waals surface area contributed by atoms with Crippen molar-refractivity contribution in [2.45, 2.75) is 45.3 Å². The average Bonchev–Trinajstić information content (AvgIpc) is 2.82. The van der Waals surface area contributed by atoms with E-state index < -0.39 is 35.0 Å². The summed E-state index contributed by atoms with van der Waals surface area (Å²) in [6.45, 7) is 4.09. The fraction of sp³-hybridized carbons (Fsp3) is 0.360. The van der Waals surface area contributed by atoms with Gasteiger partial charge in [0.15, 0.2) is 0 Å². The predicted octanol–water partition coefficient (Wildman–Crippen LogP) is 3.67. The van der Waals surface area contributed by atoms with Gasteiger partial charge in [-0.2, -0.15) is 5.10 Å². The van der Waals surface area contributed by atoms with Crippen molar-refractivity contribution in [1.82, 2.24) is 20.4 Å². The molecule has 36 heavy (non-hydrogen) atoms. The smallest absolute Gasteiger partial charge is 0.407 e. The minimum atomic E-state index is -1.00. The van der Waals surface area contributed by atoms with Gasteiger partial charge in [0.2, 0.25) is 0 Å². The molecule has 0 aliphatic carbocycles. The molecule has 190 valence electrons. The molecule has 2 aromatic carbocycles. The summed E-state index contributed by atoms with van der Waals surface area (Å²) in [7, 11) is 0. The highest BCUT2D eigenvalue weighted by Crippen LogP contribution is 2.24. The molecule has 2 amide bonds. The zero-order chi connectivity index (χ0) is 26.0. The van der Waals surface area contributed by atoms with Crippen molar-refractivity contribution in [3.63, 3.8) is 0 Å². The zero-order valence-corrected chi connectivity index (χ0v) is 19.7. The first kappa shape index (κ1) is 25.2. The molecule has 2 heterocycles. The maximum atomic E-state index is 14.6. The van der Waals surface area contributed by atoms with Crippen molar-refractivity contribution in [2.75, 3.05) is 13.1 Å². The highest BCUT2D eigenvalue weighted by molar-refractivity contribution is 5.95. The van der Waals surface area contributed by atoms with Gasteiger partial charge in [-0.25, -0.2) is 23.1 Å². The summed E-state index contributed by atoms with van der Waals surface area (Å²) in [4.78, 5) is 38.3. The second-order valence-electron chi connectivity index (χ2n) is 8.99. The number of aromatic nitrogens is 2. The Morgan fingerprint density at radius 1 is 1.11 bits per heavy atom. The van der Waals surface area contributed by atoms with Crippen LogP contribution in [0.25, 0.3) is 10.8 Å². The Morgan fingerprint density at radius 2 is 1.83 bits per heavy atom. The van der Waals surface area contributed by atoms with Crippen LogP contribution in [0.1, 0.15) is 48.3 Å². The monoisotopic (exact) mass is 502 g/mol. The number of nitrogens with zero attached hydrogens (tertiary/aromatic N) is 2. The molecule has 1 saturated heterocycles. The predicted molar refractivity (Wildman–Crippen MR) is 125 cm³/mol. The summed E-state index contributed by atoms with van der Waals surface area (Å²) in [5.41, 5.74) is -0.666. The number of likely N-dealkylation sites (tertiary alicyclic amines) is 1. The second kappa shape index (κ2) is 10.4. The third kappa shape index (κ3) is 5.50. The second-order valence-corrected chi connectivity index (χ2v) is 8.99. The van der Waals surface area contributed by atoms with Crippen LogP contribution in [0.3, 0.4) is 0 Å². The quantitative estimate of drug-likeness (QED) is 0.554. The Hall–Kier alpha value is -3.89. The molecule has 1 aliphatic rings. The lowest BCUT2D eigenvalue weighted by Crippen LogP contribution is -2.43. The highest BCUT2D eigenvalue weighted by Gasteiger charge is 2.28. The Balaban J connectivity index is 1.51. The first-order valence-electron chi connectivity index (χ1n) is 11.5. The fourth-order valence-corrected chi connectivity index (χ4v) is 4.17. The van der Waals surface area contributed by atoms with E-state index in [0.717, 1.165) is 18.2 Å². The van der Waals surface area contributed by atoms with Gasteiger partial charge >= 0.3 is 6.09 Å². The minimum absolute atomic E-state index is 0.00602. The molecular formula is C25H25F3N4O4. The Kier molecular flexibility index (Phi) is 7.27. The molecule has 0 spiro atoms. The van der Waals surface area contributed by atoms with Gasteiger partial charge in [-0.05, 0) is 43.7 Å². The molecule has 11 heteroatoms. The Morgan fingerprint density at radius 3 is 2.53 bits per heavy atom. The molecule has 0 saturated carbocycles. The number of fused-ring (bicyclic) bond motifs is 1. The van der Waals surface area contributed by atoms with E-state index in [1.165, 1.54) is 11.0 Å². The molecule has 0 bridgehead atoms. The topological polar surface area (TPSA) is 104 Å². The van der Waals surface area contributed by atoms with Crippen molar-refractivity contribution >= 4 is 22.8 Å². The van der Waals surface area contributed by atoms with Crippen LogP contribution in [0.4, 0.5) is 18.0 Å². The minimum Gasteiger partial charge on any atom is -0.446 e. The van der Waals surface area contributed by atoms with E-state index in [2.05, 4.69) is 15.5 Å². The van der Waals surface area contributed by atoms with Crippen molar-refractivity contribution < 1.29 is 27.5 Å². The van der Waals surface area contributed by atoms with Gasteiger partial charge in [-0.15, -0.1) is 0 Å². The van der Waals surface area contributed by atoms with Crippen molar-refractivity contribution in [2.24, 2.45) is 0 Å². The lowest BCUT2D eigenvalue weighted by molar-refractivity contribution is 0.0416. The van der Waals surface area contributed by atoms with Gasteiger partial charge in [0.05, 0.1) is 16.6 Å². The molecule has 0 atom stereocenters. The summed E-state index contributed by atoms with van der Waals surface area (Å²) in [5.74, 6) is -3.10. The number of hydrogen-bond donors (Lipinski definition) is 2. The van der Waals surface area contributed by atoms with Crippen LogP contribution in [-0.4, -0.2) is 52.3 Å². The van der Waals surface area contributed by atoms with Crippen LogP contribution in [0.5, 0.6) is 0 Å². The largest absolute Gasteiger partial charge is 0.446 e. The third-order valence-electron chi connectivity index (χ3n) is 5.96. The first-order chi connectivity index (χ1) is 17.1. The van der Waals surface area contributed by atoms with Crippen molar-refractivity contribution in [1.29, 1.82) is 0 Å². The number of nitrogens with one attached hydrogen (secondary N) is 2. The fourth-order valence-electron chi connectivity index (χ4n) is 4.17. The highest BCUT2D eigenvalue weighted by atomic mass is 19.1. The number of hydrogen-bond acceptors (Lipinski definition) is 5. The molecule has 0 unspecified atom stereocenters. The normalized spacial score (nSPS) is 14.3. The van der Waals surface area contributed by atoms with Crippen molar-refractivity contribution in [3.8, 4) is 0 Å². The van der Waals surface area contributed by atoms with Gasteiger partial charge < -0.3 is 15.0 Å². The van der Waals surface area contributed by atoms with E-state index >= 15 is 0 Å². The third-order valence-corrected chi connectivity index (χ3v) is 5.96. The Bertz CT molecular complexity index is 1370. The number of ether oxygens (including phenoxy) is 1. The van der Waals surface area contributed by atoms with E-state index in [4.69, 9.17) is 4.74 Å². The SMILES string of the molecule is CC(C)NC(=O)OC1CCN(C(=O)c2cc(Cc3n[nH]c(=O)c4cc(F)ccc34)c(F)cc2F)CC1. The summed E-state index contributed by atoms with van der Waals surface area (Å²) in [6.07, 6.45) is -0.291. The number of alkyl carbamates (subject to hydrolysis) is 1. The first-order valence-corrected chi connectivity index (χ1v) is 11.5. The number of benzene rings is 2. The van der Waals surface area contributed by atoms with E-state index in [0.29, 0.717) is 24.3 Å². The maximum absolute atomic E-state index is 14.6. The van der Waals surface area contributed by atoms with Gasteiger partial charge in [-0.3, -0.25) is 9.59 Å². The van der Waals surface area contributed by atoms with E-state index in [9.17, 15) is 27.6 Å². The molecule has 0 radical (unpaired) electrons. The number of carbonyl (C=O) groups excluding carboxylic acids is 2. The number of piperidine rings is 1. The molecule has 1 fully saturated rings. The maximum Gasteiger partial charge on any atom is 0.407 e. The van der Waals surface area contributed by atoms with Gasteiger partial charge in [0.1, 0.15) is 23.6 Å². The number of amides is 2.